The van der Waals surface area contributed by atoms with Crippen LogP contribution in [-0.2, 0) is 0 Å². The molecule has 0 atom stereocenters. The molecule has 0 saturated carbocycles. The van der Waals surface area contributed by atoms with E-state index in [9.17, 15) is 14.9 Å². The molecule has 2 rings (SSSR count). The first-order valence-electron chi connectivity index (χ1n) is 4.37. The van der Waals surface area contributed by atoms with Gasteiger partial charge in [-0.1, -0.05) is 6.92 Å². The van der Waals surface area contributed by atoms with Crippen LogP contribution in [0, 0.1) is 10.1 Å². The second kappa shape index (κ2) is 3.89. The lowest BCUT2D eigenvalue weighted by Gasteiger charge is -2.21. The first-order valence-corrected chi connectivity index (χ1v) is 5.31. The molecule has 2 heterocycles. The molecule has 2 aliphatic heterocycles. The molecule has 2 amide bonds. The van der Waals surface area contributed by atoms with Gasteiger partial charge in [-0.25, -0.2) is 19.3 Å². The second-order valence-corrected chi connectivity index (χ2v) is 3.95. The van der Waals surface area contributed by atoms with E-state index in [-0.39, 0.29) is 5.96 Å². The Morgan fingerprint density at radius 2 is 2.38 bits per heavy atom. The molecule has 0 aromatic carbocycles. The number of urea groups is 1. The topological polar surface area (TPSA) is 94.3 Å². The van der Waals surface area contributed by atoms with Crippen molar-refractivity contribution in [3.8, 4) is 0 Å². The number of hydrogen-bond donors (Lipinski definition) is 1. The van der Waals surface area contributed by atoms with E-state index >= 15 is 0 Å². The van der Waals surface area contributed by atoms with Crippen molar-refractivity contribution in [2.24, 2.45) is 5.10 Å². The first-order chi connectivity index (χ1) is 7.63. The van der Waals surface area contributed by atoms with Gasteiger partial charge in [0.25, 0.3) is 5.96 Å². The number of hydrazine groups is 2. The number of carbonyl (C=O) groups is 1. The normalized spacial score (nSPS) is 18.4. The zero-order valence-electron chi connectivity index (χ0n) is 8.23. The number of nitrogens with zero attached hydrogens (tertiary/aromatic N) is 5. The third-order valence-corrected chi connectivity index (χ3v) is 2.49. The molecule has 86 valence electrons. The van der Waals surface area contributed by atoms with Gasteiger partial charge in [0.2, 0.25) is 0 Å². The zero-order valence-corrected chi connectivity index (χ0v) is 9.05. The van der Waals surface area contributed by atoms with E-state index in [0.29, 0.717) is 5.12 Å². The van der Waals surface area contributed by atoms with Gasteiger partial charge < -0.3 is 0 Å². The van der Waals surface area contributed by atoms with Gasteiger partial charge in [-0.2, -0.15) is 5.01 Å². The number of amides is 2. The van der Waals surface area contributed by atoms with Gasteiger partial charge in [0.15, 0.2) is 5.03 Å². The van der Waals surface area contributed by atoms with Gasteiger partial charge >= 0.3 is 6.03 Å². The summed E-state index contributed by atoms with van der Waals surface area (Å²) in [5.41, 5.74) is 0. The number of nitrogens with one attached hydrogen (secondary N) is 1. The summed E-state index contributed by atoms with van der Waals surface area (Å²) in [7, 11) is 0. The third-order valence-electron chi connectivity index (χ3n) is 1.77. The predicted molar refractivity (Wildman–Crippen MR) is 55.8 cm³/mol. The van der Waals surface area contributed by atoms with Crippen LogP contribution >= 0.6 is 11.9 Å². The van der Waals surface area contributed by atoms with Crippen LogP contribution in [0.2, 0.25) is 0 Å². The molecule has 0 bridgehead atoms. The average molecular weight is 244 g/mol. The summed E-state index contributed by atoms with van der Waals surface area (Å²) in [5.74, 6) is 0.915. The SMILES string of the molecule is CCSN1C=CN2C(=N1)NC(=O)N2[N+](=O)[O-]. The fourth-order valence-electron chi connectivity index (χ4n) is 1.20. The minimum atomic E-state index is -0.836. The highest BCUT2D eigenvalue weighted by Crippen LogP contribution is 2.19. The second-order valence-electron chi connectivity index (χ2n) is 2.74. The summed E-state index contributed by atoms with van der Waals surface area (Å²) in [6.07, 6.45) is 2.93. The van der Waals surface area contributed by atoms with Crippen molar-refractivity contribution in [1.82, 2.24) is 19.9 Å². The lowest BCUT2D eigenvalue weighted by molar-refractivity contribution is -0.661. The highest BCUT2D eigenvalue weighted by Gasteiger charge is 2.43. The maximum atomic E-state index is 11.2. The molecule has 0 spiro atoms. The van der Waals surface area contributed by atoms with Crippen LogP contribution in [0.1, 0.15) is 6.92 Å². The van der Waals surface area contributed by atoms with E-state index in [0.717, 1.165) is 10.8 Å². The van der Waals surface area contributed by atoms with Gasteiger partial charge in [-0.3, -0.25) is 5.32 Å². The Morgan fingerprint density at radius 3 is 3.00 bits per heavy atom. The van der Waals surface area contributed by atoms with E-state index in [1.807, 2.05) is 6.92 Å². The molecule has 0 radical (unpaired) electrons. The Bertz CT molecular complexity index is 396. The number of hydrogen-bond acceptors (Lipinski definition) is 7. The number of hydrazone groups is 1. The Kier molecular flexibility index (Phi) is 2.56. The Balaban J connectivity index is 2.21. The zero-order chi connectivity index (χ0) is 11.7. The number of rotatable bonds is 3. The lowest BCUT2D eigenvalue weighted by atomic mass is 10.7. The van der Waals surface area contributed by atoms with Crippen molar-refractivity contribution < 1.29 is 9.83 Å². The highest BCUT2D eigenvalue weighted by molar-refractivity contribution is 7.97. The Hall–Kier alpha value is -1.97. The van der Waals surface area contributed by atoms with Gasteiger partial charge in [0, 0.05) is 5.75 Å². The van der Waals surface area contributed by atoms with E-state index in [1.54, 1.807) is 0 Å². The van der Waals surface area contributed by atoms with Crippen LogP contribution in [0.3, 0.4) is 0 Å². The van der Waals surface area contributed by atoms with Crippen LogP contribution in [-0.4, -0.2) is 37.3 Å². The minimum absolute atomic E-state index is 0.116. The number of fused-ring (bicyclic) bond motifs is 1. The van der Waals surface area contributed by atoms with Crippen molar-refractivity contribution in [2.75, 3.05) is 5.75 Å². The fourth-order valence-corrected chi connectivity index (χ4v) is 1.74. The van der Waals surface area contributed by atoms with Crippen molar-refractivity contribution in [2.45, 2.75) is 6.92 Å². The van der Waals surface area contributed by atoms with E-state index in [1.165, 1.54) is 28.8 Å². The summed E-state index contributed by atoms with van der Waals surface area (Å²) in [4.78, 5) is 21.8. The van der Waals surface area contributed by atoms with Gasteiger partial charge in [-0.15, -0.1) is 5.10 Å². The Morgan fingerprint density at radius 1 is 1.62 bits per heavy atom. The molecule has 0 unspecified atom stereocenters. The average Bonchev–Trinajstić information content (AvgIpc) is 2.53. The summed E-state index contributed by atoms with van der Waals surface area (Å²) < 4.78 is 1.52. The van der Waals surface area contributed by atoms with Crippen molar-refractivity contribution in [3.05, 3.63) is 22.5 Å². The largest absolute Gasteiger partial charge is 0.408 e. The van der Waals surface area contributed by atoms with Crippen molar-refractivity contribution in [1.29, 1.82) is 0 Å². The van der Waals surface area contributed by atoms with Gasteiger partial charge in [0.05, 0.1) is 17.5 Å². The monoisotopic (exact) mass is 244 g/mol. The molecule has 0 aliphatic carbocycles. The van der Waals surface area contributed by atoms with Crippen LogP contribution in [0.15, 0.2) is 17.5 Å². The van der Waals surface area contributed by atoms with Crippen LogP contribution < -0.4 is 5.32 Å². The van der Waals surface area contributed by atoms with Crippen LogP contribution in [0.4, 0.5) is 4.79 Å². The molecule has 9 nitrogen and oxygen atoms in total. The maximum Gasteiger partial charge on any atom is 0.408 e. The van der Waals surface area contributed by atoms with Gasteiger partial charge in [-0.05, 0) is 11.9 Å². The molecule has 10 heteroatoms. The molecule has 2 aliphatic rings. The molecule has 1 fully saturated rings. The number of carbonyl (C=O) groups excluding carboxylic acids is 1. The van der Waals surface area contributed by atoms with Crippen molar-refractivity contribution >= 4 is 23.9 Å². The number of nitro groups is 1. The fraction of sp³-hybridized carbons (Fsp3) is 0.333. The first kappa shape index (κ1) is 10.5. The molecule has 0 aromatic heterocycles. The molecule has 1 N–H and O–H groups in total. The number of guanidine groups is 1. The molecular formula is C6H8N6O3S. The standard InChI is InChI=1S/C6H8N6O3S/c1-2-16-10-4-3-9-5(8-10)7-6(13)11(9)12(14)15/h3-4H,2H2,1H3,(H,7,8,13). The van der Waals surface area contributed by atoms with Gasteiger partial charge in [0.1, 0.15) is 0 Å². The molecule has 0 aromatic rings. The maximum absolute atomic E-state index is 11.2. The summed E-state index contributed by atoms with van der Waals surface area (Å²) in [5, 5.41) is 17.4. The smallest absolute Gasteiger partial charge is 0.268 e. The molecule has 16 heavy (non-hydrogen) atoms. The van der Waals surface area contributed by atoms with Crippen molar-refractivity contribution in [3.63, 3.8) is 0 Å². The summed E-state index contributed by atoms with van der Waals surface area (Å²) in [6, 6.07) is -0.836. The van der Waals surface area contributed by atoms with E-state index in [4.69, 9.17) is 0 Å². The Labute approximate surface area is 94.6 Å². The predicted octanol–water partition coefficient (Wildman–Crippen LogP) is 0.146. The summed E-state index contributed by atoms with van der Waals surface area (Å²) in [6.45, 7) is 1.95. The van der Waals surface area contributed by atoms with E-state index in [2.05, 4.69) is 10.4 Å². The molecule has 1 saturated heterocycles. The lowest BCUT2D eigenvalue weighted by Crippen LogP contribution is -2.42. The highest BCUT2D eigenvalue weighted by atomic mass is 32.2. The minimum Gasteiger partial charge on any atom is -0.268 e. The van der Waals surface area contributed by atoms with E-state index < -0.39 is 11.1 Å². The molecular weight excluding hydrogens is 236 g/mol. The third kappa shape index (κ3) is 1.62. The quantitative estimate of drug-likeness (QED) is 0.431. The van der Waals surface area contributed by atoms with Crippen LogP contribution in [0.5, 0.6) is 0 Å². The van der Waals surface area contributed by atoms with Crippen LogP contribution in [0.25, 0.3) is 0 Å². The summed E-state index contributed by atoms with van der Waals surface area (Å²) >= 11 is 1.40.